The van der Waals surface area contributed by atoms with Gasteiger partial charge in [-0.1, -0.05) is 0 Å². The Balaban J connectivity index is 1.59. The van der Waals surface area contributed by atoms with Gasteiger partial charge in [0.2, 0.25) is 11.8 Å². The number of fused-ring (bicyclic) bond motifs is 2. The van der Waals surface area contributed by atoms with Crippen LogP contribution in [0.15, 0.2) is 0 Å². The number of hydrogen-bond acceptors (Lipinski definition) is 4. The summed E-state index contributed by atoms with van der Waals surface area (Å²) in [4.78, 5) is 26.9. The minimum atomic E-state index is -0.470. The molecule has 6 nitrogen and oxygen atoms in total. The first-order chi connectivity index (χ1) is 13.1. The summed E-state index contributed by atoms with van der Waals surface area (Å²) in [6.45, 7) is 10.6. The Morgan fingerprint density at radius 2 is 1.86 bits per heavy atom. The van der Waals surface area contributed by atoms with Crippen molar-refractivity contribution in [3.05, 3.63) is 22.3 Å². The van der Waals surface area contributed by atoms with Gasteiger partial charge in [-0.3, -0.25) is 9.59 Å². The van der Waals surface area contributed by atoms with E-state index in [1.54, 1.807) is 4.90 Å². The number of phenols is 1. The van der Waals surface area contributed by atoms with E-state index in [-0.39, 0.29) is 23.8 Å². The highest BCUT2D eigenvalue weighted by molar-refractivity contribution is 5.97. The number of piperazine rings is 1. The minimum absolute atomic E-state index is 0.0234. The highest BCUT2D eigenvalue weighted by Crippen LogP contribution is 2.53. The Labute approximate surface area is 166 Å². The standard InChI is InChI=1S/C22H30N2O4/c1-11-12(2)19-17(13(3)18(11)25)14(22(4,5)28-19)8-9-15-21(27)24-10-6-7-16(24)20(26)23-15/h14-16,25H,6-10H2,1-5H3,(H,23,26)/t14?,15-,16-/m0/s1. The molecule has 1 unspecified atom stereocenters. The average molecular weight is 386 g/mol. The highest BCUT2D eigenvalue weighted by atomic mass is 16.5. The molecule has 3 aliphatic heterocycles. The first-order valence-corrected chi connectivity index (χ1v) is 10.3. The molecule has 2 saturated heterocycles. The second kappa shape index (κ2) is 6.39. The molecule has 1 aromatic carbocycles. The molecule has 3 heterocycles. The molecule has 152 valence electrons. The monoisotopic (exact) mass is 386 g/mol. The maximum absolute atomic E-state index is 12.8. The Hall–Kier alpha value is -2.24. The lowest BCUT2D eigenvalue weighted by atomic mass is 9.79. The molecule has 0 radical (unpaired) electrons. The van der Waals surface area contributed by atoms with Crippen molar-refractivity contribution in [2.45, 2.75) is 83.9 Å². The molecular weight excluding hydrogens is 356 g/mol. The van der Waals surface area contributed by atoms with Gasteiger partial charge in [0.1, 0.15) is 29.2 Å². The molecule has 28 heavy (non-hydrogen) atoms. The van der Waals surface area contributed by atoms with Crippen molar-refractivity contribution in [1.29, 1.82) is 0 Å². The number of carbonyl (C=O) groups is 2. The first-order valence-electron chi connectivity index (χ1n) is 10.3. The average Bonchev–Trinajstić information content (AvgIpc) is 3.23. The van der Waals surface area contributed by atoms with Crippen molar-refractivity contribution >= 4 is 11.8 Å². The van der Waals surface area contributed by atoms with Gasteiger partial charge in [-0.25, -0.2) is 0 Å². The zero-order chi connectivity index (χ0) is 20.4. The van der Waals surface area contributed by atoms with E-state index in [0.717, 1.165) is 40.8 Å². The number of phenolic OH excluding ortho intramolecular Hbond substituents is 1. The predicted octanol–water partition coefficient (Wildman–Crippen LogP) is 2.84. The summed E-state index contributed by atoms with van der Waals surface area (Å²) in [5.74, 6) is 1.25. The van der Waals surface area contributed by atoms with E-state index in [9.17, 15) is 14.7 Å². The molecule has 4 rings (SSSR count). The molecule has 0 bridgehead atoms. The summed E-state index contributed by atoms with van der Waals surface area (Å²) >= 11 is 0. The summed E-state index contributed by atoms with van der Waals surface area (Å²) in [5.41, 5.74) is 3.28. The molecule has 0 spiro atoms. The minimum Gasteiger partial charge on any atom is -0.507 e. The Kier molecular flexibility index (Phi) is 4.36. The van der Waals surface area contributed by atoms with Crippen molar-refractivity contribution in [3.63, 3.8) is 0 Å². The lowest BCUT2D eigenvalue weighted by molar-refractivity contribution is -0.147. The number of hydrogen-bond donors (Lipinski definition) is 2. The topological polar surface area (TPSA) is 78.9 Å². The van der Waals surface area contributed by atoms with Crippen molar-refractivity contribution in [1.82, 2.24) is 10.2 Å². The smallest absolute Gasteiger partial charge is 0.245 e. The molecular formula is C22H30N2O4. The fourth-order valence-electron chi connectivity index (χ4n) is 5.22. The third-order valence-corrected chi connectivity index (χ3v) is 7.01. The van der Waals surface area contributed by atoms with Crippen molar-refractivity contribution in [3.8, 4) is 11.5 Å². The van der Waals surface area contributed by atoms with Crippen LogP contribution < -0.4 is 10.1 Å². The van der Waals surface area contributed by atoms with Gasteiger partial charge in [0.15, 0.2) is 0 Å². The van der Waals surface area contributed by atoms with Crippen LogP contribution in [-0.2, 0) is 9.59 Å². The molecule has 6 heteroatoms. The second-order valence-electron chi connectivity index (χ2n) is 9.05. The van der Waals surface area contributed by atoms with Crippen LogP contribution in [0, 0.1) is 20.8 Å². The molecule has 0 aliphatic carbocycles. The van der Waals surface area contributed by atoms with E-state index in [1.807, 2.05) is 20.8 Å². The number of ether oxygens (including phenoxy) is 1. The molecule has 3 atom stereocenters. The predicted molar refractivity (Wildman–Crippen MR) is 106 cm³/mol. The highest BCUT2D eigenvalue weighted by Gasteiger charge is 2.46. The maximum Gasteiger partial charge on any atom is 0.245 e. The third kappa shape index (κ3) is 2.68. The van der Waals surface area contributed by atoms with Gasteiger partial charge in [-0.2, -0.15) is 0 Å². The lowest BCUT2D eigenvalue weighted by Gasteiger charge is -2.35. The van der Waals surface area contributed by atoms with Crippen LogP contribution in [0.4, 0.5) is 0 Å². The summed E-state index contributed by atoms with van der Waals surface area (Å²) < 4.78 is 6.32. The van der Waals surface area contributed by atoms with Crippen LogP contribution in [0.5, 0.6) is 11.5 Å². The largest absolute Gasteiger partial charge is 0.507 e. The summed E-state index contributed by atoms with van der Waals surface area (Å²) in [7, 11) is 0. The quantitative estimate of drug-likeness (QED) is 0.837. The van der Waals surface area contributed by atoms with Crippen LogP contribution in [0.2, 0.25) is 0 Å². The van der Waals surface area contributed by atoms with Gasteiger partial charge in [0.05, 0.1) is 0 Å². The molecule has 0 aromatic heterocycles. The molecule has 2 N–H and O–H groups in total. The lowest BCUT2D eigenvalue weighted by Crippen LogP contribution is -2.61. The number of carbonyl (C=O) groups excluding carboxylic acids is 2. The number of amides is 2. The normalized spacial score (nSPS) is 28.0. The van der Waals surface area contributed by atoms with E-state index in [4.69, 9.17) is 4.74 Å². The van der Waals surface area contributed by atoms with Crippen LogP contribution >= 0.6 is 0 Å². The SMILES string of the molecule is Cc1c(C)c2c(c(C)c1O)C(CC[C@@H]1NC(=O)[C@@H]3CCCN3C1=O)C(C)(C)O2. The van der Waals surface area contributed by atoms with Crippen LogP contribution in [0.1, 0.15) is 67.7 Å². The number of aromatic hydroxyl groups is 1. The van der Waals surface area contributed by atoms with Gasteiger partial charge in [-0.05, 0) is 77.0 Å². The summed E-state index contributed by atoms with van der Waals surface area (Å²) in [5, 5.41) is 13.5. The fourth-order valence-corrected chi connectivity index (χ4v) is 5.22. The molecule has 1 aromatic rings. The number of nitrogens with one attached hydrogen (secondary N) is 1. The Morgan fingerprint density at radius 1 is 1.14 bits per heavy atom. The Bertz CT molecular complexity index is 861. The van der Waals surface area contributed by atoms with Crippen molar-refractivity contribution in [2.75, 3.05) is 6.54 Å². The van der Waals surface area contributed by atoms with E-state index >= 15 is 0 Å². The zero-order valence-electron chi connectivity index (χ0n) is 17.4. The third-order valence-electron chi connectivity index (χ3n) is 7.01. The van der Waals surface area contributed by atoms with Crippen molar-refractivity contribution < 1.29 is 19.4 Å². The first kappa shape index (κ1) is 19.1. The summed E-state index contributed by atoms with van der Waals surface area (Å²) in [6.07, 6.45) is 2.93. The van der Waals surface area contributed by atoms with Gasteiger partial charge >= 0.3 is 0 Å². The number of rotatable bonds is 3. The zero-order valence-corrected chi connectivity index (χ0v) is 17.4. The van der Waals surface area contributed by atoms with Crippen LogP contribution in [0.3, 0.4) is 0 Å². The van der Waals surface area contributed by atoms with Crippen LogP contribution in [0.25, 0.3) is 0 Å². The molecule has 3 aliphatic rings. The van der Waals surface area contributed by atoms with Gasteiger partial charge in [0.25, 0.3) is 0 Å². The summed E-state index contributed by atoms with van der Waals surface area (Å²) in [6, 6.07) is -0.748. The number of nitrogens with zero attached hydrogens (tertiary/aromatic N) is 1. The van der Waals surface area contributed by atoms with E-state index in [0.29, 0.717) is 25.1 Å². The maximum atomic E-state index is 12.8. The second-order valence-corrected chi connectivity index (χ2v) is 9.05. The van der Waals surface area contributed by atoms with Crippen LogP contribution in [-0.4, -0.2) is 46.1 Å². The van der Waals surface area contributed by atoms with Gasteiger partial charge in [-0.15, -0.1) is 0 Å². The van der Waals surface area contributed by atoms with Gasteiger partial charge in [0, 0.05) is 18.0 Å². The fraction of sp³-hybridized carbons (Fsp3) is 0.636. The van der Waals surface area contributed by atoms with E-state index < -0.39 is 11.6 Å². The molecule has 2 amide bonds. The van der Waals surface area contributed by atoms with E-state index in [1.165, 1.54) is 0 Å². The number of benzene rings is 1. The molecule has 2 fully saturated rings. The van der Waals surface area contributed by atoms with E-state index in [2.05, 4.69) is 19.2 Å². The van der Waals surface area contributed by atoms with Gasteiger partial charge < -0.3 is 20.1 Å². The molecule has 0 saturated carbocycles. The van der Waals surface area contributed by atoms with Crippen molar-refractivity contribution in [2.24, 2.45) is 0 Å². The Morgan fingerprint density at radius 3 is 2.57 bits per heavy atom.